The highest BCUT2D eigenvalue weighted by Gasteiger charge is 2.25. The topological polar surface area (TPSA) is 127 Å². The number of imidazole rings is 1. The van der Waals surface area contributed by atoms with Gasteiger partial charge in [0.1, 0.15) is 12.7 Å². The van der Waals surface area contributed by atoms with Gasteiger partial charge in [0.15, 0.2) is 22.8 Å². The van der Waals surface area contributed by atoms with Crippen LogP contribution in [0.1, 0.15) is 12.8 Å². The van der Waals surface area contributed by atoms with E-state index in [9.17, 15) is 4.79 Å². The maximum Gasteiger partial charge on any atom is 0.328 e. The second kappa shape index (κ2) is 7.10. The molecule has 5 rings (SSSR count). The molecule has 3 heterocycles. The maximum absolute atomic E-state index is 12.5. The van der Waals surface area contributed by atoms with Gasteiger partial charge in [-0.05, 0) is 37.1 Å². The van der Waals surface area contributed by atoms with Crippen molar-refractivity contribution in [3.05, 3.63) is 36.9 Å². The molecule has 0 atom stereocenters. The second-order valence-electron chi connectivity index (χ2n) is 7.10. The Hall–Kier alpha value is -4.02. The van der Waals surface area contributed by atoms with Crippen LogP contribution in [-0.2, 0) is 7.05 Å². The van der Waals surface area contributed by atoms with Crippen LogP contribution in [-0.4, -0.2) is 53.4 Å². The molecule has 30 heavy (non-hydrogen) atoms. The van der Waals surface area contributed by atoms with Crippen LogP contribution in [0.5, 0.6) is 0 Å². The predicted octanol–water partition coefficient (Wildman–Crippen LogP) is 2.13. The molecule has 1 aliphatic rings. The Labute approximate surface area is 171 Å². The summed E-state index contributed by atoms with van der Waals surface area (Å²) >= 11 is 0. The number of nitrogens with zero attached hydrogens (tertiary/aromatic N) is 7. The van der Waals surface area contributed by atoms with Crippen LogP contribution in [0.2, 0.25) is 0 Å². The third-order valence-electron chi connectivity index (χ3n) is 4.76. The number of rotatable bonds is 5. The van der Waals surface area contributed by atoms with Crippen molar-refractivity contribution in [1.82, 2.24) is 39.6 Å². The molecule has 4 aromatic rings. The number of amides is 1. The Morgan fingerprint density at radius 1 is 1.10 bits per heavy atom. The average Bonchev–Trinajstić information content (AvgIpc) is 3.28. The van der Waals surface area contributed by atoms with E-state index in [4.69, 9.17) is 0 Å². The molecule has 1 aromatic carbocycles. The minimum Gasteiger partial charge on any atom is -0.371 e. The minimum atomic E-state index is -0.237. The SMILES string of the molecule is CNc1nc(Nc2ccc(-c3ncn(C)n3)cc2)nc2c1ncn2C(=O)NC1CC1. The Balaban J connectivity index is 1.44. The number of nitrogens with one attached hydrogen (secondary N) is 3. The summed E-state index contributed by atoms with van der Waals surface area (Å²) in [5.41, 5.74) is 2.67. The van der Waals surface area contributed by atoms with Crippen LogP contribution >= 0.6 is 0 Å². The third kappa shape index (κ3) is 3.41. The van der Waals surface area contributed by atoms with Crippen molar-refractivity contribution in [1.29, 1.82) is 0 Å². The molecule has 0 radical (unpaired) electrons. The summed E-state index contributed by atoms with van der Waals surface area (Å²) < 4.78 is 3.07. The van der Waals surface area contributed by atoms with Crippen LogP contribution in [0.25, 0.3) is 22.6 Å². The average molecular weight is 404 g/mol. The molecule has 3 N–H and O–H groups in total. The molecule has 11 heteroatoms. The van der Waals surface area contributed by atoms with Gasteiger partial charge in [-0.2, -0.15) is 15.1 Å². The van der Waals surface area contributed by atoms with Gasteiger partial charge in [-0.15, -0.1) is 0 Å². The number of carbonyl (C=O) groups excluding carboxylic acids is 1. The lowest BCUT2D eigenvalue weighted by Crippen LogP contribution is -2.30. The van der Waals surface area contributed by atoms with E-state index in [-0.39, 0.29) is 12.1 Å². The van der Waals surface area contributed by atoms with Crippen LogP contribution in [0.15, 0.2) is 36.9 Å². The fraction of sp³-hybridized carbons (Fsp3) is 0.263. The zero-order chi connectivity index (χ0) is 20.7. The van der Waals surface area contributed by atoms with Crippen molar-refractivity contribution in [2.75, 3.05) is 17.7 Å². The summed E-state index contributed by atoms with van der Waals surface area (Å²) in [5.74, 6) is 1.55. The molecule has 3 aromatic heterocycles. The van der Waals surface area contributed by atoms with E-state index in [2.05, 4.69) is 41.0 Å². The molecule has 1 amide bonds. The van der Waals surface area contributed by atoms with Gasteiger partial charge in [-0.1, -0.05) is 0 Å². The first-order chi connectivity index (χ1) is 14.6. The molecule has 1 aliphatic carbocycles. The lowest BCUT2D eigenvalue weighted by atomic mass is 10.2. The Kier molecular flexibility index (Phi) is 4.27. The first-order valence-electron chi connectivity index (χ1n) is 9.57. The third-order valence-corrected chi connectivity index (χ3v) is 4.76. The van der Waals surface area contributed by atoms with Crippen molar-refractivity contribution in [2.24, 2.45) is 7.05 Å². The van der Waals surface area contributed by atoms with E-state index in [1.54, 1.807) is 18.1 Å². The highest BCUT2D eigenvalue weighted by Crippen LogP contribution is 2.24. The molecule has 0 aliphatic heterocycles. The number of hydrogen-bond donors (Lipinski definition) is 3. The fourth-order valence-corrected chi connectivity index (χ4v) is 3.05. The molecule has 11 nitrogen and oxygen atoms in total. The van der Waals surface area contributed by atoms with E-state index in [1.165, 1.54) is 10.9 Å². The van der Waals surface area contributed by atoms with Gasteiger partial charge in [0.05, 0.1) is 0 Å². The number of carbonyl (C=O) groups is 1. The van der Waals surface area contributed by atoms with Gasteiger partial charge >= 0.3 is 6.03 Å². The molecule has 0 bridgehead atoms. The number of hydrogen-bond acceptors (Lipinski definition) is 8. The van der Waals surface area contributed by atoms with Crippen molar-refractivity contribution in [3.8, 4) is 11.4 Å². The fourth-order valence-electron chi connectivity index (χ4n) is 3.05. The van der Waals surface area contributed by atoms with Crippen molar-refractivity contribution in [2.45, 2.75) is 18.9 Å². The molecular formula is C19H20N10O. The van der Waals surface area contributed by atoms with Crippen LogP contribution < -0.4 is 16.0 Å². The second-order valence-corrected chi connectivity index (χ2v) is 7.10. The van der Waals surface area contributed by atoms with Crippen molar-refractivity contribution < 1.29 is 4.79 Å². The number of anilines is 3. The van der Waals surface area contributed by atoms with Crippen LogP contribution in [0, 0.1) is 0 Å². The summed E-state index contributed by atoms with van der Waals surface area (Å²) in [6.45, 7) is 0. The monoisotopic (exact) mass is 404 g/mol. The highest BCUT2D eigenvalue weighted by atomic mass is 16.2. The zero-order valence-corrected chi connectivity index (χ0v) is 16.5. The van der Waals surface area contributed by atoms with Gasteiger partial charge in [-0.25, -0.2) is 19.3 Å². The summed E-state index contributed by atoms with van der Waals surface area (Å²) in [6, 6.07) is 7.64. The predicted molar refractivity (Wildman–Crippen MR) is 112 cm³/mol. The number of benzene rings is 1. The van der Waals surface area contributed by atoms with E-state index < -0.39 is 0 Å². The minimum absolute atomic E-state index is 0.237. The normalized spacial score (nSPS) is 13.4. The van der Waals surface area contributed by atoms with Gasteiger partial charge < -0.3 is 16.0 Å². The van der Waals surface area contributed by atoms with Crippen molar-refractivity contribution in [3.63, 3.8) is 0 Å². The van der Waals surface area contributed by atoms with Crippen molar-refractivity contribution >= 4 is 34.6 Å². The molecular weight excluding hydrogens is 384 g/mol. The number of aryl methyl sites for hydroxylation is 1. The summed E-state index contributed by atoms with van der Waals surface area (Å²) in [7, 11) is 3.58. The van der Waals surface area contributed by atoms with Gasteiger partial charge in [0.25, 0.3) is 0 Å². The van der Waals surface area contributed by atoms with Gasteiger partial charge in [0, 0.05) is 31.4 Å². The molecule has 1 saturated carbocycles. The summed E-state index contributed by atoms with van der Waals surface area (Å²) in [4.78, 5) is 30.1. The number of fused-ring (bicyclic) bond motifs is 1. The lowest BCUT2D eigenvalue weighted by Gasteiger charge is -2.09. The Bertz CT molecular complexity index is 1220. The van der Waals surface area contributed by atoms with Crippen LogP contribution in [0.4, 0.5) is 22.2 Å². The number of aromatic nitrogens is 7. The smallest absolute Gasteiger partial charge is 0.328 e. The Morgan fingerprint density at radius 2 is 1.90 bits per heavy atom. The van der Waals surface area contributed by atoms with Gasteiger partial charge in [0.2, 0.25) is 5.95 Å². The first-order valence-corrected chi connectivity index (χ1v) is 9.57. The van der Waals surface area contributed by atoms with Crippen LogP contribution in [0.3, 0.4) is 0 Å². The molecule has 152 valence electrons. The van der Waals surface area contributed by atoms with E-state index in [0.717, 1.165) is 24.1 Å². The van der Waals surface area contributed by atoms with E-state index >= 15 is 0 Å². The summed E-state index contributed by atoms with van der Waals surface area (Å²) in [5, 5.41) is 13.4. The van der Waals surface area contributed by atoms with E-state index in [1.807, 2.05) is 31.3 Å². The van der Waals surface area contributed by atoms with E-state index in [0.29, 0.717) is 28.8 Å². The largest absolute Gasteiger partial charge is 0.371 e. The lowest BCUT2D eigenvalue weighted by molar-refractivity contribution is 0.242. The highest BCUT2D eigenvalue weighted by molar-refractivity contribution is 5.92. The maximum atomic E-state index is 12.5. The van der Waals surface area contributed by atoms with Gasteiger partial charge in [-0.3, -0.25) is 4.68 Å². The quantitative estimate of drug-likeness (QED) is 0.462. The molecule has 1 fully saturated rings. The first kappa shape index (κ1) is 18.0. The summed E-state index contributed by atoms with van der Waals surface area (Å²) in [6.07, 6.45) is 5.14. The molecule has 0 saturated heterocycles. The molecule has 0 spiro atoms. The molecule has 0 unspecified atom stereocenters. The zero-order valence-electron chi connectivity index (χ0n) is 16.5. The standard InChI is InChI=1S/C19H20N10O/c1-20-16-14-17(29(10-21-14)19(30)24-13-7-8-13)26-18(25-16)23-12-5-3-11(4-6-12)15-22-9-28(2)27-15/h3-6,9-10,13H,7-8H2,1-2H3,(H,24,30)(H2,20,23,25,26). The Morgan fingerprint density at radius 3 is 2.57 bits per heavy atom.